The molecule has 0 spiro atoms. The lowest BCUT2D eigenvalue weighted by Crippen LogP contribution is -2.34. The van der Waals surface area contributed by atoms with E-state index in [1.165, 1.54) is 19.3 Å². The molecule has 2 nitrogen and oxygen atoms in total. The fourth-order valence-corrected chi connectivity index (χ4v) is 1.98. The molecule has 0 aromatic rings. The van der Waals surface area contributed by atoms with Crippen molar-refractivity contribution in [1.29, 1.82) is 0 Å². The van der Waals surface area contributed by atoms with Crippen LogP contribution in [0.15, 0.2) is 0 Å². The quantitative estimate of drug-likeness (QED) is 0.615. The zero-order valence-electron chi connectivity index (χ0n) is 7.84. The van der Waals surface area contributed by atoms with E-state index in [2.05, 4.69) is 18.9 Å². The van der Waals surface area contributed by atoms with E-state index in [-0.39, 0.29) is 0 Å². The first-order valence-electron chi connectivity index (χ1n) is 4.50. The first kappa shape index (κ1) is 9.01. The van der Waals surface area contributed by atoms with Gasteiger partial charge in [0.15, 0.2) is 0 Å². The molecule has 2 heteroatoms. The van der Waals surface area contributed by atoms with Crippen LogP contribution in [0.2, 0.25) is 0 Å². The number of hydrogen-bond acceptors (Lipinski definition) is 2. The molecule has 2 atom stereocenters. The molecule has 0 radical (unpaired) electrons. The molecular weight excluding hydrogens is 138 g/mol. The largest absolute Gasteiger partial charge is 0.383 e. The van der Waals surface area contributed by atoms with Gasteiger partial charge in [0.1, 0.15) is 0 Å². The normalized spacial score (nSPS) is 33.0. The third-order valence-corrected chi connectivity index (χ3v) is 2.82. The van der Waals surface area contributed by atoms with Gasteiger partial charge in [-0.05, 0) is 26.3 Å². The minimum atomic E-state index is 0.671. The Bertz CT molecular complexity index is 116. The summed E-state index contributed by atoms with van der Waals surface area (Å²) in [5.41, 5.74) is 0. The van der Waals surface area contributed by atoms with Crippen LogP contribution < -0.4 is 0 Å². The molecule has 1 saturated heterocycles. The summed E-state index contributed by atoms with van der Waals surface area (Å²) in [6.45, 7) is 3.16. The van der Waals surface area contributed by atoms with Crippen molar-refractivity contribution in [2.45, 2.75) is 38.3 Å². The summed E-state index contributed by atoms with van der Waals surface area (Å²) in [5, 5.41) is 0. The smallest absolute Gasteiger partial charge is 0.0618 e. The van der Waals surface area contributed by atoms with Gasteiger partial charge in [-0.15, -0.1) is 0 Å². The van der Waals surface area contributed by atoms with Crippen molar-refractivity contribution < 1.29 is 4.74 Å². The Morgan fingerprint density at radius 2 is 2.00 bits per heavy atom. The van der Waals surface area contributed by atoms with Gasteiger partial charge in [-0.25, -0.2) is 0 Å². The number of nitrogens with zero attached hydrogens (tertiary/aromatic N) is 1. The highest BCUT2D eigenvalue weighted by Crippen LogP contribution is 2.23. The van der Waals surface area contributed by atoms with Crippen LogP contribution in [0.1, 0.15) is 26.2 Å². The maximum absolute atomic E-state index is 5.15. The minimum absolute atomic E-state index is 0.671. The number of rotatable bonds is 3. The predicted molar refractivity (Wildman–Crippen MR) is 46.7 cm³/mol. The maximum Gasteiger partial charge on any atom is 0.0618 e. The summed E-state index contributed by atoms with van der Waals surface area (Å²) in [6, 6.07) is 1.47. The number of ether oxygens (including phenoxy) is 1. The monoisotopic (exact) mass is 157 g/mol. The van der Waals surface area contributed by atoms with E-state index >= 15 is 0 Å². The van der Waals surface area contributed by atoms with Crippen molar-refractivity contribution in [2.75, 3.05) is 20.8 Å². The Kier molecular flexibility index (Phi) is 3.34. The molecule has 1 fully saturated rings. The number of likely N-dealkylation sites (N-methyl/N-ethyl adjacent to an activating group) is 1. The second-order valence-electron chi connectivity index (χ2n) is 3.41. The zero-order valence-corrected chi connectivity index (χ0v) is 7.84. The molecular formula is C9H19NO. The molecule has 0 amide bonds. The van der Waals surface area contributed by atoms with Crippen molar-refractivity contribution in [1.82, 2.24) is 4.90 Å². The van der Waals surface area contributed by atoms with Gasteiger partial charge in [-0.1, -0.05) is 6.92 Å². The molecule has 0 bridgehead atoms. The van der Waals surface area contributed by atoms with Gasteiger partial charge < -0.3 is 4.74 Å². The number of likely N-dealkylation sites (tertiary alicyclic amines) is 1. The summed E-state index contributed by atoms with van der Waals surface area (Å²) in [4.78, 5) is 2.46. The van der Waals surface area contributed by atoms with Crippen molar-refractivity contribution in [3.05, 3.63) is 0 Å². The summed E-state index contributed by atoms with van der Waals surface area (Å²) < 4.78 is 5.15. The molecule has 0 aromatic heterocycles. The minimum Gasteiger partial charge on any atom is -0.383 e. The predicted octanol–water partition coefficient (Wildman–Crippen LogP) is 1.51. The highest BCUT2D eigenvalue weighted by molar-refractivity contribution is 4.83. The Morgan fingerprint density at radius 3 is 2.45 bits per heavy atom. The van der Waals surface area contributed by atoms with Crippen LogP contribution in [0.4, 0.5) is 0 Å². The lowest BCUT2D eigenvalue weighted by Gasteiger charge is -2.24. The lowest BCUT2D eigenvalue weighted by atomic mass is 10.1. The van der Waals surface area contributed by atoms with Crippen LogP contribution in [0.5, 0.6) is 0 Å². The summed E-state index contributed by atoms with van der Waals surface area (Å²) in [7, 11) is 4.00. The van der Waals surface area contributed by atoms with Crippen LogP contribution in [-0.4, -0.2) is 37.7 Å². The van der Waals surface area contributed by atoms with E-state index < -0.39 is 0 Å². The van der Waals surface area contributed by atoms with E-state index in [4.69, 9.17) is 4.74 Å². The fraction of sp³-hybridized carbons (Fsp3) is 1.00. The van der Waals surface area contributed by atoms with Crippen LogP contribution in [0.3, 0.4) is 0 Å². The Labute approximate surface area is 69.5 Å². The van der Waals surface area contributed by atoms with Gasteiger partial charge in [0.05, 0.1) is 6.61 Å². The van der Waals surface area contributed by atoms with Crippen molar-refractivity contribution in [2.24, 2.45) is 0 Å². The highest BCUT2D eigenvalue weighted by Gasteiger charge is 2.28. The van der Waals surface area contributed by atoms with Crippen LogP contribution in [-0.2, 0) is 4.74 Å². The van der Waals surface area contributed by atoms with Gasteiger partial charge >= 0.3 is 0 Å². The van der Waals surface area contributed by atoms with Crippen LogP contribution in [0, 0.1) is 0 Å². The van der Waals surface area contributed by atoms with E-state index in [1.807, 2.05) is 0 Å². The van der Waals surface area contributed by atoms with Gasteiger partial charge in [-0.2, -0.15) is 0 Å². The van der Waals surface area contributed by atoms with Crippen molar-refractivity contribution >= 4 is 0 Å². The zero-order chi connectivity index (χ0) is 8.27. The van der Waals surface area contributed by atoms with Crippen LogP contribution in [0.25, 0.3) is 0 Å². The van der Waals surface area contributed by atoms with E-state index in [9.17, 15) is 0 Å². The fourth-order valence-electron chi connectivity index (χ4n) is 1.98. The Balaban J connectivity index is 2.35. The topological polar surface area (TPSA) is 12.5 Å². The van der Waals surface area contributed by atoms with Gasteiger partial charge in [0.2, 0.25) is 0 Å². The molecule has 0 saturated carbocycles. The molecule has 1 aliphatic heterocycles. The molecule has 0 aromatic carbocycles. The molecule has 0 unspecified atom stereocenters. The van der Waals surface area contributed by atoms with E-state index in [1.54, 1.807) is 7.11 Å². The molecule has 66 valence electrons. The average molecular weight is 157 g/mol. The molecule has 1 aliphatic rings. The average Bonchev–Trinajstić information content (AvgIpc) is 2.34. The van der Waals surface area contributed by atoms with Gasteiger partial charge in [0.25, 0.3) is 0 Å². The first-order chi connectivity index (χ1) is 5.29. The molecule has 1 heterocycles. The number of methoxy groups -OCH3 is 1. The third kappa shape index (κ3) is 1.94. The number of hydrogen-bond donors (Lipinski definition) is 0. The Morgan fingerprint density at radius 1 is 1.36 bits per heavy atom. The molecule has 1 rings (SSSR count). The van der Waals surface area contributed by atoms with E-state index in [0.29, 0.717) is 6.04 Å². The second-order valence-corrected chi connectivity index (χ2v) is 3.41. The Hall–Kier alpha value is -0.0800. The molecule has 0 aliphatic carbocycles. The standard InChI is InChI=1S/C9H19NO/c1-4-8-5-6-9(7-11-3)10(8)2/h8-9H,4-7H2,1-3H3/t8-,9+/m1/s1. The molecule has 11 heavy (non-hydrogen) atoms. The third-order valence-electron chi connectivity index (χ3n) is 2.82. The second kappa shape index (κ2) is 4.07. The van der Waals surface area contributed by atoms with Crippen LogP contribution >= 0.6 is 0 Å². The van der Waals surface area contributed by atoms with Gasteiger partial charge in [-0.3, -0.25) is 4.90 Å². The van der Waals surface area contributed by atoms with Crippen molar-refractivity contribution in [3.63, 3.8) is 0 Å². The maximum atomic E-state index is 5.15. The van der Waals surface area contributed by atoms with E-state index in [0.717, 1.165) is 12.6 Å². The molecule has 0 N–H and O–H groups in total. The SMILES string of the molecule is CC[C@@H]1CC[C@@H](COC)N1C. The van der Waals surface area contributed by atoms with Crippen molar-refractivity contribution in [3.8, 4) is 0 Å². The van der Waals surface area contributed by atoms with Gasteiger partial charge in [0, 0.05) is 19.2 Å². The summed E-state index contributed by atoms with van der Waals surface area (Å²) in [5.74, 6) is 0. The summed E-state index contributed by atoms with van der Waals surface area (Å²) >= 11 is 0. The lowest BCUT2D eigenvalue weighted by molar-refractivity contribution is 0.113. The first-order valence-corrected chi connectivity index (χ1v) is 4.50. The summed E-state index contributed by atoms with van der Waals surface area (Å²) in [6.07, 6.45) is 3.93. The highest BCUT2D eigenvalue weighted by atomic mass is 16.5.